The number of hydrogen-bond donors (Lipinski definition) is 1. The lowest BCUT2D eigenvalue weighted by Crippen LogP contribution is -2.38. The molecule has 0 saturated carbocycles. The van der Waals surface area contributed by atoms with E-state index in [2.05, 4.69) is 10.2 Å². The van der Waals surface area contributed by atoms with Crippen LogP contribution in [0.25, 0.3) is 22.6 Å². The van der Waals surface area contributed by atoms with Gasteiger partial charge in [-0.3, -0.25) is 19.1 Å². The van der Waals surface area contributed by atoms with E-state index in [-0.39, 0.29) is 11.5 Å². The van der Waals surface area contributed by atoms with Crippen molar-refractivity contribution in [2.75, 3.05) is 38.2 Å². The molecule has 0 bridgehead atoms. The molecule has 0 aliphatic carbocycles. The maximum Gasteiger partial charge on any atom is 0.261 e. The van der Waals surface area contributed by atoms with Crippen LogP contribution in [0, 0.1) is 0 Å². The normalized spacial score (nSPS) is 17.4. The first-order chi connectivity index (χ1) is 16.1. The number of carbonyl (C=O) groups excluding carboxylic acids is 1. The number of halogens is 1. The molecule has 0 radical (unpaired) electrons. The summed E-state index contributed by atoms with van der Waals surface area (Å²) >= 11 is 5.99. The molecule has 7 nitrogen and oxygen atoms in total. The average molecular weight is 465 g/mol. The zero-order valence-electron chi connectivity index (χ0n) is 18.2. The number of nitrogens with one attached hydrogen (secondary N) is 1. The van der Waals surface area contributed by atoms with E-state index < -0.39 is 0 Å². The minimum atomic E-state index is -0.0558. The number of benzene rings is 2. The van der Waals surface area contributed by atoms with Crippen LogP contribution in [0.3, 0.4) is 0 Å². The van der Waals surface area contributed by atoms with Gasteiger partial charge in [0.15, 0.2) is 0 Å². The number of rotatable bonds is 5. The van der Waals surface area contributed by atoms with Gasteiger partial charge in [-0.15, -0.1) is 0 Å². The van der Waals surface area contributed by atoms with Crippen molar-refractivity contribution < 1.29 is 9.53 Å². The molecular formula is C25H25ClN4O3. The van der Waals surface area contributed by atoms with Crippen molar-refractivity contribution in [1.29, 1.82) is 0 Å². The summed E-state index contributed by atoms with van der Waals surface area (Å²) in [6, 6.07) is 12.9. The van der Waals surface area contributed by atoms with Crippen LogP contribution in [-0.4, -0.2) is 53.2 Å². The van der Waals surface area contributed by atoms with Crippen molar-refractivity contribution in [3.63, 3.8) is 0 Å². The fourth-order valence-corrected chi connectivity index (χ4v) is 4.43. The molecule has 2 aromatic carbocycles. The molecule has 1 aromatic heterocycles. The van der Waals surface area contributed by atoms with Crippen LogP contribution in [0.1, 0.15) is 24.2 Å². The number of ether oxygens (including phenoxy) is 1. The number of anilines is 1. The molecule has 3 aromatic rings. The number of fused-ring (bicyclic) bond motifs is 2. The second-order valence-corrected chi connectivity index (χ2v) is 8.78. The van der Waals surface area contributed by atoms with Crippen LogP contribution in [0.4, 0.5) is 5.69 Å². The van der Waals surface area contributed by atoms with E-state index in [0.717, 1.165) is 30.6 Å². The largest absolute Gasteiger partial charge is 0.379 e. The lowest BCUT2D eigenvalue weighted by Gasteiger charge is -2.26. The first-order valence-electron chi connectivity index (χ1n) is 11.2. The van der Waals surface area contributed by atoms with E-state index in [1.807, 2.05) is 30.3 Å². The van der Waals surface area contributed by atoms with E-state index in [4.69, 9.17) is 21.3 Å². The summed E-state index contributed by atoms with van der Waals surface area (Å²) in [4.78, 5) is 32.5. The van der Waals surface area contributed by atoms with Gasteiger partial charge in [-0.05, 0) is 54.0 Å². The molecular weight excluding hydrogens is 440 g/mol. The standard InChI is InChI=1S/C25H25ClN4O3/c26-19-3-1-17(2-4-19)15-18-7-10-30-24(18)28-22-16-20(5-6-21(22)25(30)32)27-23(31)8-9-29-11-13-33-14-12-29/h1-6,15-16H,7-14H2,(H,27,31). The van der Waals surface area contributed by atoms with Crippen LogP contribution < -0.4 is 10.9 Å². The maximum atomic E-state index is 13.0. The average Bonchev–Trinajstić information content (AvgIpc) is 3.22. The number of hydrogen-bond acceptors (Lipinski definition) is 5. The second kappa shape index (κ2) is 9.47. The Balaban J connectivity index is 1.37. The van der Waals surface area contributed by atoms with Gasteiger partial charge in [0, 0.05) is 43.3 Å². The van der Waals surface area contributed by atoms with Gasteiger partial charge in [-0.2, -0.15) is 0 Å². The monoisotopic (exact) mass is 464 g/mol. The summed E-state index contributed by atoms with van der Waals surface area (Å²) in [5, 5.41) is 4.18. The highest BCUT2D eigenvalue weighted by molar-refractivity contribution is 6.30. The Morgan fingerprint density at radius 1 is 1.12 bits per heavy atom. The number of morpholine rings is 1. The molecule has 2 aliphatic heterocycles. The Labute approximate surface area is 196 Å². The van der Waals surface area contributed by atoms with Gasteiger partial charge >= 0.3 is 0 Å². The molecule has 1 N–H and O–H groups in total. The van der Waals surface area contributed by atoms with Crippen LogP contribution in [-0.2, 0) is 16.1 Å². The smallest absolute Gasteiger partial charge is 0.261 e. The summed E-state index contributed by atoms with van der Waals surface area (Å²) in [5.41, 5.74) is 3.20. The van der Waals surface area contributed by atoms with Crippen molar-refractivity contribution in [1.82, 2.24) is 14.5 Å². The van der Waals surface area contributed by atoms with Crippen LogP contribution in [0.5, 0.6) is 0 Å². The zero-order chi connectivity index (χ0) is 22.8. The molecule has 1 amide bonds. The highest BCUT2D eigenvalue weighted by atomic mass is 35.5. The summed E-state index contributed by atoms with van der Waals surface area (Å²) in [7, 11) is 0. The van der Waals surface area contributed by atoms with Gasteiger partial charge in [0.1, 0.15) is 5.82 Å². The predicted octanol–water partition coefficient (Wildman–Crippen LogP) is 3.66. The summed E-state index contributed by atoms with van der Waals surface area (Å²) in [6.45, 7) is 4.45. The topological polar surface area (TPSA) is 76.5 Å². The lowest BCUT2D eigenvalue weighted by atomic mass is 10.1. The van der Waals surface area contributed by atoms with E-state index in [0.29, 0.717) is 60.2 Å². The Kier molecular flexibility index (Phi) is 6.26. The van der Waals surface area contributed by atoms with Gasteiger partial charge in [-0.1, -0.05) is 23.7 Å². The van der Waals surface area contributed by atoms with Gasteiger partial charge in [0.05, 0.1) is 24.1 Å². The van der Waals surface area contributed by atoms with Crippen molar-refractivity contribution >= 4 is 45.7 Å². The second-order valence-electron chi connectivity index (χ2n) is 8.35. The first kappa shape index (κ1) is 21.8. The molecule has 0 spiro atoms. The first-order valence-corrected chi connectivity index (χ1v) is 11.6. The van der Waals surface area contributed by atoms with Crippen molar-refractivity contribution in [2.45, 2.75) is 19.4 Å². The number of carbonyl (C=O) groups is 1. The van der Waals surface area contributed by atoms with Gasteiger partial charge in [-0.25, -0.2) is 4.98 Å². The Hall–Kier alpha value is -3.00. The molecule has 2 aliphatic rings. The molecule has 1 saturated heterocycles. The third-order valence-electron chi connectivity index (χ3n) is 6.10. The molecule has 8 heteroatoms. The van der Waals surface area contributed by atoms with Crippen molar-refractivity contribution in [3.8, 4) is 0 Å². The summed E-state index contributed by atoms with van der Waals surface area (Å²) < 4.78 is 7.07. The molecule has 33 heavy (non-hydrogen) atoms. The van der Waals surface area contributed by atoms with Crippen LogP contribution in [0.2, 0.25) is 5.02 Å². The van der Waals surface area contributed by atoms with Crippen LogP contribution >= 0.6 is 11.6 Å². The van der Waals surface area contributed by atoms with E-state index in [1.165, 1.54) is 0 Å². The van der Waals surface area contributed by atoms with Gasteiger partial charge in [0.25, 0.3) is 5.56 Å². The highest BCUT2D eigenvalue weighted by Crippen LogP contribution is 2.28. The number of amides is 1. The summed E-state index contributed by atoms with van der Waals surface area (Å²) in [5.74, 6) is 0.625. The van der Waals surface area contributed by atoms with E-state index in [1.54, 1.807) is 22.8 Å². The van der Waals surface area contributed by atoms with E-state index in [9.17, 15) is 9.59 Å². The molecule has 0 atom stereocenters. The molecule has 1 fully saturated rings. The third-order valence-corrected chi connectivity index (χ3v) is 6.35. The van der Waals surface area contributed by atoms with Gasteiger partial charge in [0.2, 0.25) is 5.91 Å². The fraction of sp³-hybridized carbons (Fsp3) is 0.320. The highest BCUT2D eigenvalue weighted by Gasteiger charge is 2.21. The number of nitrogens with zero attached hydrogens (tertiary/aromatic N) is 3. The predicted molar refractivity (Wildman–Crippen MR) is 130 cm³/mol. The molecule has 170 valence electrons. The maximum absolute atomic E-state index is 13.0. The van der Waals surface area contributed by atoms with Gasteiger partial charge < -0.3 is 10.1 Å². The third kappa shape index (κ3) is 4.85. The number of allylic oxidation sites excluding steroid dienone is 1. The minimum absolute atomic E-state index is 0.0537. The van der Waals surface area contributed by atoms with Crippen LogP contribution in [0.15, 0.2) is 47.3 Å². The molecule has 5 rings (SSSR count). The van der Waals surface area contributed by atoms with E-state index >= 15 is 0 Å². The Morgan fingerprint density at radius 3 is 2.70 bits per heavy atom. The number of aromatic nitrogens is 2. The fourth-order valence-electron chi connectivity index (χ4n) is 4.30. The van der Waals surface area contributed by atoms with Crippen molar-refractivity contribution in [3.05, 3.63) is 69.2 Å². The SMILES string of the molecule is O=C(CCN1CCOCC1)Nc1ccc2c(=O)n3c(nc2c1)C(=Cc1ccc(Cl)cc1)CC3. The summed E-state index contributed by atoms with van der Waals surface area (Å²) in [6.07, 6.45) is 3.20. The zero-order valence-corrected chi connectivity index (χ0v) is 19.0. The van der Waals surface area contributed by atoms with Crippen molar-refractivity contribution in [2.24, 2.45) is 0 Å². The quantitative estimate of drug-likeness (QED) is 0.623. The molecule has 3 heterocycles. The Morgan fingerprint density at radius 2 is 1.91 bits per heavy atom. The lowest BCUT2D eigenvalue weighted by molar-refractivity contribution is -0.116. The Bertz CT molecular complexity index is 1280. The molecule has 0 unspecified atom stereocenters. The minimum Gasteiger partial charge on any atom is -0.379 e.